The zero-order valence-electron chi connectivity index (χ0n) is 8.29. The third kappa shape index (κ3) is 7.81. The Balaban J connectivity index is 3.92. The summed E-state index contributed by atoms with van der Waals surface area (Å²) in [6, 6.07) is 0. The van der Waals surface area contributed by atoms with Crippen LogP contribution in [0, 0.1) is 0 Å². The zero-order chi connectivity index (χ0) is 10.1. The van der Waals surface area contributed by atoms with Gasteiger partial charge >= 0.3 is 0 Å². The van der Waals surface area contributed by atoms with Crippen LogP contribution in [0.25, 0.3) is 0 Å². The monoisotopic (exact) mass is 199 g/mol. The number of aliphatic hydroxyl groups excluding tert-OH is 1. The number of aliphatic imine (C=N–C) groups is 1. The van der Waals surface area contributed by atoms with Gasteiger partial charge < -0.3 is 5.11 Å². The zero-order valence-corrected chi connectivity index (χ0v) is 9.10. The summed E-state index contributed by atoms with van der Waals surface area (Å²) in [5.74, 6) is 0. The van der Waals surface area contributed by atoms with Crippen molar-refractivity contribution >= 4 is 16.8 Å². The van der Waals surface area contributed by atoms with Gasteiger partial charge in [0.2, 0.25) is 0 Å². The molecule has 0 heterocycles. The van der Waals surface area contributed by atoms with Crippen molar-refractivity contribution in [3.63, 3.8) is 0 Å². The number of rotatable bonds is 5. The van der Waals surface area contributed by atoms with Crippen LogP contribution in [0.4, 0.5) is 0 Å². The van der Waals surface area contributed by atoms with Gasteiger partial charge in [0.1, 0.15) is 0 Å². The van der Waals surface area contributed by atoms with Gasteiger partial charge in [0.15, 0.2) is 0 Å². The Bertz CT molecular complexity index is 209. The van der Waals surface area contributed by atoms with Gasteiger partial charge in [-0.05, 0) is 18.2 Å². The van der Waals surface area contributed by atoms with Gasteiger partial charge in [-0.15, -0.1) is 0 Å². The van der Waals surface area contributed by atoms with Crippen LogP contribution in [-0.4, -0.2) is 23.3 Å². The summed E-state index contributed by atoms with van der Waals surface area (Å²) in [4.78, 5) is 5.15. The smallest absolute Gasteiger partial charge is 0.0979 e. The molecule has 0 fully saturated rings. The summed E-state index contributed by atoms with van der Waals surface area (Å²) >= 11 is 1.43. The van der Waals surface area contributed by atoms with Gasteiger partial charge in [-0.2, -0.15) is 0 Å². The highest BCUT2D eigenvalue weighted by Gasteiger charge is 1.96. The Morgan fingerprint density at radius 1 is 1.54 bits per heavy atom. The maximum absolute atomic E-state index is 8.91. The number of hydrogen-bond donors (Lipinski definition) is 1. The molecule has 0 amide bonds. The summed E-state index contributed by atoms with van der Waals surface area (Å²) < 4.78 is 0. The van der Waals surface area contributed by atoms with E-state index in [0.717, 1.165) is 16.4 Å². The van der Waals surface area contributed by atoms with Crippen molar-refractivity contribution in [2.24, 2.45) is 4.99 Å². The second kappa shape index (κ2) is 8.08. The van der Waals surface area contributed by atoms with E-state index >= 15 is 0 Å². The molecule has 3 heteroatoms. The van der Waals surface area contributed by atoms with Gasteiger partial charge in [0.25, 0.3) is 0 Å². The fourth-order valence-corrected chi connectivity index (χ4v) is 1.32. The third-order valence-electron chi connectivity index (χ3n) is 1.20. The molecule has 0 atom stereocenters. The first-order chi connectivity index (χ1) is 6.20. The average Bonchev–Trinajstić information content (AvgIpc) is 2.09. The van der Waals surface area contributed by atoms with Gasteiger partial charge in [-0.3, -0.25) is 4.99 Å². The highest BCUT2D eigenvalue weighted by molar-refractivity contribution is 8.17. The fraction of sp³-hybridized carbons (Fsp3) is 0.500. The largest absolute Gasteiger partial charge is 0.389 e. The summed E-state index contributed by atoms with van der Waals surface area (Å²) in [5, 5.41) is 9.64. The molecular formula is C10H17NOS. The Hall–Kier alpha value is -0.540. The van der Waals surface area contributed by atoms with E-state index in [-0.39, 0.29) is 6.61 Å². The van der Waals surface area contributed by atoms with Crippen LogP contribution >= 0.6 is 11.8 Å². The summed E-state index contributed by atoms with van der Waals surface area (Å²) in [6.07, 6.45) is 5.08. The van der Waals surface area contributed by atoms with Gasteiger partial charge in [-0.25, -0.2) is 0 Å². The first-order valence-corrected chi connectivity index (χ1v) is 5.14. The highest BCUT2D eigenvalue weighted by Crippen LogP contribution is 2.13. The molecule has 0 aromatic carbocycles. The lowest BCUT2D eigenvalue weighted by atomic mass is 10.4. The molecule has 13 heavy (non-hydrogen) atoms. The maximum Gasteiger partial charge on any atom is 0.0979 e. The number of hydrogen-bond acceptors (Lipinski definition) is 3. The van der Waals surface area contributed by atoms with Crippen molar-refractivity contribution in [3.05, 3.63) is 23.6 Å². The first kappa shape index (κ1) is 12.5. The summed E-state index contributed by atoms with van der Waals surface area (Å²) in [6.45, 7) is 8.36. The number of thioether (sulfide) groups is 1. The number of nitrogens with zero attached hydrogens (tertiary/aromatic N) is 1. The van der Waals surface area contributed by atoms with Crippen molar-refractivity contribution in [3.8, 4) is 0 Å². The van der Waals surface area contributed by atoms with Crippen LogP contribution in [0.1, 0.15) is 20.3 Å². The normalized spacial score (nSPS) is 12.4. The lowest BCUT2D eigenvalue weighted by Gasteiger charge is -2.00. The molecule has 2 nitrogen and oxygen atoms in total. The Kier molecular flexibility index (Phi) is 7.74. The molecule has 0 aromatic heterocycles. The van der Waals surface area contributed by atoms with Crippen LogP contribution < -0.4 is 0 Å². The first-order valence-electron chi connectivity index (χ1n) is 4.33. The van der Waals surface area contributed by atoms with E-state index in [1.807, 2.05) is 13.0 Å². The van der Waals surface area contributed by atoms with Gasteiger partial charge in [0, 0.05) is 0 Å². The fourth-order valence-electron chi connectivity index (χ4n) is 0.711. The molecule has 74 valence electrons. The van der Waals surface area contributed by atoms with E-state index in [1.165, 1.54) is 11.8 Å². The van der Waals surface area contributed by atoms with E-state index in [1.54, 1.807) is 0 Å². The minimum atomic E-state index is -0.00249. The van der Waals surface area contributed by atoms with Gasteiger partial charge in [0.05, 0.1) is 18.2 Å². The molecule has 0 unspecified atom stereocenters. The summed E-state index contributed by atoms with van der Waals surface area (Å²) in [7, 11) is 0. The SMILES string of the molecule is C=C(C)S/C(CO)=N\C/C=C\CC. The third-order valence-corrected chi connectivity index (χ3v) is 2.05. The number of allylic oxidation sites excluding steroid dienone is 2. The molecule has 0 saturated carbocycles. The lowest BCUT2D eigenvalue weighted by Crippen LogP contribution is -1.99. The van der Waals surface area contributed by atoms with E-state index < -0.39 is 0 Å². The molecule has 0 aliphatic rings. The van der Waals surface area contributed by atoms with Crippen molar-refractivity contribution in [1.29, 1.82) is 0 Å². The van der Waals surface area contributed by atoms with Crippen molar-refractivity contribution in [1.82, 2.24) is 0 Å². The Morgan fingerprint density at radius 2 is 2.23 bits per heavy atom. The topological polar surface area (TPSA) is 32.6 Å². The Morgan fingerprint density at radius 3 is 2.69 bits per heavy atom. The minimum Gasteiger partial charge on any atom is -0.389 e. The van der Waals surface area contributed by atoms with E-state index in [9.17, 15) is 0 Å². The maximum atomic E-state index is 8.91. The molecule has 0 radical (unpaired) electrons. The number of aliphatic hydroxyl groups is 1. The quantitative estimate of drug-likeness (QED) is 0.419. The van der Waals surface area contributed by atoms with Crippen LogP contribution in [0.5, 0.6) is 0 Å². The minimum absolute atomic E-state index is 0.00249. The standard InChI is InChI=1S/C10H17NOS/c1-4-5-6-7-11-10(8-12)13-9(2)3/h5-6,12H,2,4,7-8H2,1,3H3/b6-5-,11-10-. The van der Waals surface area contributed by atoms with Crippen molar-refractivity contribution in [2.45, 2.75) is 20.3 Å². The van der Waals surface area contributed by atoms with E-state index in [0.29, 0.717) is 6.54 Å². The second-order valence-electron chi connectivity index (χ2n) is 2.58. The van der Waals surface area contributed by atoms with Crippen LogP contribution in [0.2, 0.25) is 0 Å². The van der Waals surface area contributed by atoms with Crippen LogP contribution in [0.3, 0.4) is 0 Å². The average molecular weight is 199 g/mol. The molecular weight excluding hydrogens is 182 g/mol. The lowest BCUT2D eigenvalue weighted by molar-refractivity contribution is 0.360. The molecule has 0 rings (SSSR count). The predicted octanol–water partition coefficient (Wildman–Crippen LogP) is 2.61. The highest BCUT2D eigenvalue weighted by atomic mass is 32.2. The molecule has 0 aromatic rings. The molecule has 0 aliphatic carbocycles. The molecule has 1 N–H and O–H groups in total. The Labute approximate surface area is 84.5 Å². The summed E-state index contributed by atoms with van der Waals surface area (Å²) in [5.41, 5.74) is 0. The van der Waals surface area contributed by atoms with Crippen molar-refractivity contribution < 1.29 is 5.11 Å². The molecule has 0 saturated heterocycles. The van der Waals surface area contributed by atoms with Gasteiger partial charge in [-0.1, -0.05) is 37.4 Å². The molecule has 0 bridgehead atoms. The van der Waals surface area contributed by atoms with E-state index in [4.69, 9.17) is 5.11 Å². The second-order valence-corrected chi connectivity index (χ2v) is 3.95. The molecule has 0 aliphatic heterocycles. The van der Waals surface area contributed by atoms with Crippen LogP contribution in [0.15, 0.2) is 28.6 Å². The van der Waals surface area contributed by atoms with Crippen molar-refractivity contribution in [2.75, 3.05) is 13.2 Å². The molecule has 0 spiro atoms. The van der Waals surface area contributed by atoms with Crippen LogP contribution in [-0.2, 0) is 0 Å². The predicted molar refractivity (Wildman–Crippen MR) is 61.2 cm³/mol. The van der Waals surface area contributed by atoms with E-state index in [2.05, 4.69) is 24.6 Å².